The first-order valence-corrected chi connectivity index (χ1v) is 17.9. The van der Waals surface area contributed by atoms with E-state index in [1.807, 2.05) is 72.8 Å². The molecule has 0 saturated heterocycles. The molecule has 0 bridgehead atoms. The van der Waals surface area contributed by atoms with Crippen LogP contribution in [0.15, 0.2) is 127 Å². The zero-order chi connectivity index (χ0) is 34.9. The number of carboxylic acids is 3. The van der Waals surface area contributed by atoms with Crippen molar-refractivity contribution in [3.8, 4) is 0 Å². The number of aromatic carboxylic acids is 3. The van der Waals surface area contributed by atoms with Crippen molar-refractivity contribution in [2.75, 3.05) is 0 Å². The fourth-order valence-corrected chi connectivity index (χ4v) is 6.56. The van der Waals surface area contributed by atoms with Gasteiger partial charge in [0.15, 0.2) is 0 Å². The summed E-state index contributed by atoms with van der Waals surface area (Å²) in [4.78, 5) is 32.1. The van der Waals surface area contributed by atoms with Crippen molar-refractivity contribution in [1.29, 1.82) is 0 Å². The van der Waals surface area contributed by atoms with Gasteiger partial charge in [0.05, 0.1) is 17.9 Å². The molecule has 0 aliphatic rings. The zero-order valence-electron chi connectivity index (χ0n) is 27.2. The molecule has 0 N–H and O–H groups in total. The van der Waals surface area contributed by atoms with Crippen LogP contribution in [0.2, 0.25) is 4.44 Å². The molecule has 1 atom stereocenters. The van der Waals surface area contributed by atoms with Crippen LogP contribution in [0.1, 0.15) is 70.6 Å². The number of carboxylic acid groups (broad SMARTS) is 3. The van der Waals surface area contributed by atoms with Gasteiger partial charge in [-0.15, -0.1) is 0 Å². The second kappa shape index (κ2) is 19.8. The fourth-order valence-electron chi connectivity index (χ4n) is 5.15. The van der Waals surface area contributed by atoms with E-state index in [0.717, 1.165) is 38.2 Å². The first-order chi connectivity index (χ1) is 23.2. The topological polar surface area (TPSA) is 120 Å². The summed E-state index contributed by atoms with van der Waals surface area (Å²) in [5, 5.41) is 37.1. The van der Waals surface area contributed by atoms with Gasteiger partial charge in [-0.1, -0.05) is 127 Å². The first kappa shape index (κ1) is 37.8. The number of benzene rings is 6. The van der Waals surface area contributed by atoms with Gasteiger partial charge in [-0.3, -0.25) is 0 Å². The largest absolute Gasteiger partial charge is 0.545 e. The van der Waals surface area contributed by atoms with E-state index in [0.29, 0.717) is 0 Å². The smallest absolute Gasteiger partial charge is 0.0721 e. The van der Waals surface area contributed by atoms with E-state index in [2.05, 4.69) is 13.8 Å². The number of fused-ring (bicyclic) bond motifs is 3. The van der Waals surface area contributed by atoms with Crippen LogP contribution >= 0.6 is 0 Å². The number of carbonyl (C=O) groups excluding carboxylic acids is 3. The van der Waals surface area contributed by atoms with Crippen LogP contribution in [0.5, 0.6) is 0 Å². The molecule has 6 rings (SSSR count). The second-order valence-electron chi connectivity index (χ2n) is 11.1. The summed E-state index contributed by atoms with van der Waals surface area (Å²) < 4.78 is 1.46. The van der Waals surface area contributed by atoms with Gasteiger partial charge in [-0.05, 0) is 32.3 Å². The number of rotatable bonds is 8. The predicted molar refractivity (Wildman–Crippen MR) is 189 cm³/mol. The maximum Gasteiger partial charge on any atom is 0.0721 e. The average Bonchev–Trinajstić information content (AvgIpc) is 3.12. The minimum absolute atomic E-state index is 0.248. The van der Waals surface area contributed by atoms with Gasteiger partial charge in [0.1, 0.15) is 0 Å². The van der Waals surface area contributed by atoms with Gasteiger partial charge in [0, 0.05) is 16.7 Å². The summed E-state index contributed by atoms with van der Waals surface area (Å²) in [6, 6.07) is 37.5. The van der Waals surface area contributed by atoms with Gasteiger partial charge in [0.2, 0.25) is 0 Å². The minimum atomic E-state index is -1.13. The Labute approximate surface area is 295 Å². The molecule has 1 unspecified atom stereocenters. The molecule has 0 heterocycles. The predicted octanol–water partition coefficient (Wildman–Crippen LogP) is 6.40. The Bertz CT molecular complexity index is 1720. The van der Waals surface area contributed by atoms with Crippen LogP contribution in [-0.4, -0.2) is 40.4 Å². The zero-order valence-corrected chi connectivity index (χ0v) is 30.0. The van der Waals surface area contributed by atoms with E-state index < -0.39 is 17.9 Å². The molecule has 0 saturated carbocycles. The van der Waals surface area contributed by atoms with Gasteiger partial charge < -0.3 is 29.7 Å². The van der Waals surface area contributed by atoms with E-state index in [1.54, 1.807) is 77.1 Å². The maximum absolute atomic E-state index is 10.7. The molecule has 0 radical (unpaired) electrons. The summed E-state index contributed by atoms with van der Waals surface area (Å²) in [5.41, 5.74) is 0.745. The normalized spacial score (nSPS) is 10.8. The van der Waals surface area contributed by atoms with Crippen molar-refractivity contribution in [1.82, 2.24) is 0 Å². The molecule has 0 aliphatic heterocycles. The van der Waals surface area contributed by atoms with Crippen LogP contribution in [-0.2, 0) is 0 Å². The summed E-state index contributed by atoms with van der Waals surface area (Å²) >= 11 is 1.71. The van der Waals surface area contributed by atoms with E-state index in [-0.39, 0.29) is 16.7 Å². The molecule has 48 heavy (non-hydrogen) atoms. The Morgan fingerprint density at radius 3 is 1.10 bits per heavy atom. The van der Waals surface area contributed by atoms with Gasteiger partial charge in [-0.25, -0.2) is 0 Å². The quantitative estimate of drug-likeness (QED) is 0.167. The van der Waals surface area contributed by atoms with Crippen molar-refractivity contribution in [2.24, 2.45) is 5.92 Å². The molecule has 0 amide bonds. The third-order valence-corrected chi connectivity index (χ3v) is 9.51. The minimum Gasteiger partial charge on any atom is -0.545 e. The molecule has 6 aromatic rings. The van der Waals surface area contributed by atoms with Gasteiger partial charge in [-0.2, -0.15) is 0 Å². The van der Waals surface area contributed by atoms with Crippen molar-refractivity contribution in [3.63, 3.8) is 0 Å². The molecular weight excluding hydrogens is 707 g/mol. The second-order valence-corrected chi connectivity index (χ2v) is 12.2. The SMILES string of the molecule is CCCCC(CC)[CH2][Sn+3].O=C([O-])c1cccc2ccccc12.O=C([O-])c1cccc2ccccc12.O=C([O-])c1cccc2ccccc12. The summed E-state index contributed by atoms with van der Waals surface area (Å²) in [5.74, 6) is -2.34. The third-order valence-electron chi connectivity index (χ3n) is 7.86. The van der Waals surface area contributed by atoms with Crippen molar-refractivity contribution in [3.05, 3.63) is 144 Å². The molecule has 0 fully saturated rings. The molecular formula is C41H38O6Sn. The first-order valence-electron chi connectivity index (χ1n) is 15.9. The average molecular weight is 745 g/mol. The Kier molecular flexibility index (Phi) is 15.6. The van der Waals surface area contributed by atoms with Crippen molar-refractivity contribution in [2.45, 2.75) is 44.0 Å². The fraction of sp³-hybridized carbons (Fsp3) is 0.195. The Balaban J connectivity index is 0.000000176. The molecule has 6 nitrogen and oxygen atoms in total. The van der Waals surface area contributed by atoms with Crippen LogP contribution < -0.4 is 15.3 Å². The number of hydrogen-bond acceptors (Lipinski definition) is 6. The number of carbonyl (C=O) groups is 3. The summed E-state index contributed by atoms with van der Waals surface area (Å²) in [7, 11) is 0. The molecule has 242 valence electrons. The van der Waals surface area contributed by atoms with Gasteiger partial charge in [0.25, 0.3) is 0 Å². The van der Waals surface area contributed by atoms with Crippen LogP contribution in [0.25, 0.3) is 32.3 Å². The van der Waals surface area contributed by atoms with Crippen LogP contribution in [0, 0.1) is 5.92 Å². The van der Waals surface area contributed by atoms with Crippen LogP contribution in [0.3, 0.4) is 0 Å². The number of hydrogen-bond donors (Lipinski definition) is 0. The maximum atomic E-state index is 10.7. The van der Waals surface area contributed by atoms with E-state index in [9.17, 15) is 29.7 Å². The summed E-state index contributed by atoms with van der Waals surface area (Å²) in [6.07, 6.45) is 5.67. The molecule has 7 heteroatoms. The molecule has 0 spiro atoms. The van der Waals surface area contributed by atoms with Crippen molar-refractivity contribution >= 4 is 72.8 Å². The Hall–Kier alpha value is -4.69. The molecule has 0 aromatic heterocycles. The standard InChI is InChI=1S/3C11H8O2.C8H17.Sn/c3*12-11(13)10-7-3-5-8-4-1-2-6-9(8)10;1-4-6-7-8(3)5-2;/h3*1-7H,(H,12,13);8H,3-7H2,1-2H3;/q;;;;+3/p-3. The molecule has 6 aromatic carbocycles. The Morgan fingerprint density at radius 1 is 0.521 bits per heavy atom. The van der Waals surface area contributed by atoms with Crippen LogP contribution in [0.4, 0.5) is 0 Å². The molecule has 0 aliphatic carbocycles. The van der Waals surface area contributed by atoms with E-state index >= 15 is 0 Å². The third kappa shape index (κ3) is 10.9. The van der Waals surface area contributed by atoms with Crippen molar-refractivity contribution < 1.29 is 29.7 Å². The Morgan fingerprint density at radius 2 is 0.833 bits per heavy atom. The van der Waals surface area contributed by atoms with E-state index in [1.165, 1.54) is 30.1 Å². The number of unbranched alkanes of at least 4 members (excludes halogenated alkanes) is 1. The van der Waals surface area contributed by atoms with E-state index in [4.69, 9.17) is 0 Å². The summed E-state index contributed by atoms with van der Waals surface area (Å²) in [6.45, 7) is 4.58. The monoisotopic (exact) mass is 746 g/mol. The van der Waals surface area contributed by atoms with Gasteiger partial charge >= 0.3 is 72.4 Å².